The van der Waals surface area contributed by atoms with Crippen LogP contribution >= 0.6 is 11.8 Å². The first kappa shape index (κ1) is 18.5. The van der Waals surface area contributed by atoms with Gasteiger partial charge in [-0.3, -0.25) is 4.79 Å². The van der Waals surface area contributed by atoms with Gasteiger partial charge in [0.2, 0.25) is 11.1 Å². The van der Waals surface area contributed by atoms with E-state index in [4.69, 9.17) is 0 Å². The summed E-state index contributed by atoms with van der Waals surface area (Å²) in [5.74, 6) is 0.268. The van der Waals surface area contributed by atoms with Crippen molar-refractivity contribution in [1.29, 1.82) is 0 Å². The fourth-order valence-corrected chi connectivity index (χ4v) is 4.36. The summed E-state index contributed by atoms with van der Waals surface area (Å²) < 4.78 is 1.59. The van der Waals surface area contributed by atoms with Gasteiger partial charge in [-0.15, -0.1) is 5.10 Å². The Balaban J connectivity index is 1.64. The van der Waals surface area contributed by atoms with E-state index in [0.29, 0.717) is 5.16 Å². The van der Waals surface area contributed by atoms with Crippen LogP contribution in [0.25, 0.3) is 5.69 Å². The van der Waals surface area contributed by atoms with Crippen LogP contribution in [-0.2, 0) is 4.79 Å². The number of carbonyl (C=O) groups is 1. The molecule has 0 radical (unpaired) electrons. The number of phenolic OH excluding ortho intramolecular Hbond substituents is 1. The van der Waals surface area contributed by atoms with Crippen molar-refractivity contribution in [3.63, 3.8) is 0 Å². The van der Waals surface area contributed by atoms with Gasteiger partial charge < -0.3 is 10.0 Å². The van der Waals surface area contributed by atoms with Crippen molar-refractivity contribution >= 4 is 17.7 Å². The second-order valence-electron chi connectivity index (χ2n) is 6.68. The predicted octanol–water partition coefficient (Wildman–Crippen LogP) is 3.21. The summed E-state index contributed by atoms with van der Waals surface area (Å²) in [7, 11) is 0. The number of hydrogen-bond donors (Lipinski definition) is 1. The predicted molar refractivity (Wildman–Crippen MR) is 106 cm³/mol. The molecule has 1 atom stereocenters. The number of carbonyl (C=O) groups excluding carboxylic acids is 1. The lowest BCUT2D eigenvalue weighted by Crippen LogP contribution is -2.38. The molecule has 1 saturated heterocycles. The molecule has 1 amide bonds. The summed E-state index contributed by atoms with van der Waals surface area (Å²) in [4.78, 5) is 15.3. The Labute approximate surface area is 167 Å². The number of tetrazole rings is 1. The van der Waals surface area contributed by atoms with E-state index in [9.17, 15) is 9.90 Å². The smallest absolute Gasteiger partial charge is 0.240 e. The van der Waals surface area contributed by atoms with Crippen LogP contribution in [0.2, 0.25) is 0 Å². The van der Waals surface area contributed by atoms with Gasteiger partial charge in [0, 0.05) is 13.1 Å². The van der Waals surface area contributed by atoms with Crippen LogP contribution in [0.15, 0.2) is 59.8 Å². The van der Waals surface area contributed by atoms with Crippen LogP contribution < -0.4 is 0 Å². The molecule has 0 unspecified atom stereocenters. The highest BCUT2D eigenvalue weighted by Crippen LogP contribution is 2.36. The van der Waals surface area contributed by atoms with E-state index >= 15 is 0 Å². The van der Waals surface area contributed by atoms with Crippen molar-refractivity contribution < 1.29 is 9.90 Å². The van der Waals surface area contributed by atoms with Crippen LogP contribution in [0, 0.1) is 0 Å². The van der Waals surface area contributed by atoms with Crippen molar-refractivity contribution in [3.8, 4) is 11.4 Å². The van der Waals surface area contributed by atoms with E-state index in [-0.39, 0.29) is 11.7 Å². The molecule has 0 spiro atoms. The Morgan fingerprint density at radius 2 is 1.71 bits per heavy atom. The molecular weight excluding hydrogens is 374 g/mol. The standard InChI is InChI=1S/C20H21N5O2S/c26-17-11-9-16(10-12-17)25-20(21-22-23-25)28-18(15-7-3-1-4-8-15)19(27)24-13-5-2-6-14-24/h1,3-4,7-12,18,26H,2,5-6,13-14H2/t18-/m1/s1. The van der Waals surface area contributed by atoms with E-state index in [1.165, 1.54) is 18.2 Å². The minimum Gasteiger partial charge on any atom is -0.508 e. The molecule has 1 aliphatic rings. The molecule has 4 rings (SSSR count). The maximum absolute atomic E-state index is 13.3. The molecule has 144 valence electrons. The number of benzene rings is 2. The second-order valence-corrected chi connectivity index (χ2v) is 7.76. The number of thioether (sulfide) groups is 1. The third kappa shape index (κ3) is 4.01. The Hall–Kier alpha value is -2.87. The zero-order chi connectivity index (χ0) is 19.3. The first-order valence-corrected chi connectivity index (χ1v) is 10.2. The molecule has 7 nitrogen and oxygen atoms in total. The summed E-state index contributed by atoms with van der Waals surface area (Å²) in [5.41, 5.74) is 1.66. The highest BCUT2D eigenvalue weighted by atomic mass is 32.2. The third-order valence-electron chi connectivity index (χ3n) is 4.75. The molecule has 2 heterocycles. The van der Waals surface area contributed by atoms with Crippen LogP contribution in [-0.4, -0.2) is 49.2 Å². The van der Waals surface area contributed by atoms with E-state index in [2.05, 4.69) is 15.5 Å². The van der Waals surface area contributed by atoms with Gasteiger partial charge in [-0.1, -0.05) is 42.1 Å². The first-order chi connectivity index (χ1) is 13.7. The fourth-order valence-electron chi connectivity index (χ4n) is 3.28. The summed E-state index contributed by atoms with van der Waals surface area (Å²) in [6, 6.07) is 16.4. The summed E-state index contributed by atoms with van der Waals surface area (Å²) in [6.45, 7) is 1.59. The molecule has 0 aliphatic carbocycles. The molecule has 8 heteroatoms. The number of rotatable bonds is 5. The average molecular weight is 395 g/mol. The van der Waals surface area contributed by atoms with Crippen molar-refractivity contribution in [2.75, 3.05) is 13.1 Å². The highest BCUT2D eigenvalue weighted by molar-refractivity contribution is 8.00. The number of piperidine rings is 1. The number of hydrogen-bond acceptors (Lipinski definition) is 6. The van der Waals surface area contributed by atoms with E-state index < -0.39 is 5.25 Å². The van der Waals surface area contributed by atoms with Gasteiger partial charge >= 0.3 is 0 Å². The maximum atomic E-state index is 13.3. The molecule has 2 aromatic carbocycles. The van der Waals surface area contributed by atoms with E-state index in [1.807, 2.05) is 35.2 Å². The molecular formula is C20H21N5O2S. The van der Waals surface area contributed by atoms with Gasteiger partial charge in [0.25, 0.3) is 0 Å². The maximum Gasteiger partial charge on any atom is 0.240 e. The summed E-state index contributed by atoms with van der Waals surface area (Å²) >= 11 is 1.35. The van der Waals surface area contributed by atoms with Gasteiger partial charge in [0.05, 0.1) is 5.69 Å². The Morgan fingerprint density at radius 1 is 1.00 bits per heavy atom. The lowest BCUT2D eigenvalue weighted by molar-refractivity contribution is -0.131. The van der Waals surface area contributed by atoms with Crippen LogP contribution in [0.3, 0.4) is 0 Å². The monoisotopic (exact) mass is 395 g/mol. The van der Waals surface area contributed by atoms with Gasteiger partial charge in [-0.2, -0.15) is 4.68 Å². The highest BCUT2D eigenvalue weighted by Gasteiger charge is 2.30. The van der Waals surface area contributed by atoms with E-state index in [1.54, 1.807) is 28.9 Å². The van der Waals surface area contributed by atoms with E-state index in [0.717, 1.165) is 37.2 Å². The van der Waals surface area contributed by atoms with Crippen molar-refractivity contribution in [2.45, 2.75) is 29.7 Å². The molecule has 1 N–H and O–H groups in total. The zero-order valence-corrected chi connectivity index (χ0v) is 16.1. The molecule has 1 aliphatic heterocycles. The van der Waals surface area contributed by atoms with Crippen molar-refractivity contribution in [3.05, 3.63) is 60.2 Å². The lowest BCUT2D eigenvalue weighted by atomic mass is 10.1. The molecule has 0 saturated carbocycles. The number of nitrogens with zero attached hydrogens (tertiary/aromatic N) is 5. The SMILES string of the molecule is O=C([C@H](Sc1nnnn1-c1ccc(O)cc1)c1ccccc1)N1CCCCC1. The van der Waals surface area contributed by atoms with Crippen LogP contribution in [0.5, 0.6) is 5.75 Å². The quantitative estimate of drug-likeness (QED) is 0.668. The third-order valence-corrected chi connectivity index (χ3v) is 5.93. The zero-order valence-electron chi connectivity index (χ0n) is 15.3. The second kappa shape index (κ2) is 8.43. The van der Waals surface area contributed by atoms with Crippen LogP contribution in [0.1, 0.15) is 30.1 Å². The largest absolute Gasteiger partial charge is 0.508 e. The number of aromatic nitrogens is 4. The average Bonchev–Trinajstić information content (AvgIpc) is 3.21. The number of likely N-dealkylation sites (tertiary alicyclic amines) is 1. The fraction of sp³-hybridized carbons (Fsp3) is 0.300. The first-order valence-electron chi connectivity index (χ1n) is 9.30. The number of aromatic hydroxyl groups is 1. The van der Waals surface area contributed by atoms with Crippen molar-refractivity contribution in [1.82, 2.24) is 25.1 Å². The van der Waals surface area contributed by atoms with Gasteiger partial charge in [-0.25, -0.2) is 0 Å². The molecule has 28 heavy (non-hydrogen) atoms. The minimum absolute atomic E-state index is 0.0937. The normalized spacial score (nSPS) is 15.4. The molecule has 3 aromatic rings. The Kier molecular flexibility index (Phi) is 5.57. The number of phenols is 1. The van der Waals surface area contributed by atoms with Crippen LogP contribution in [0.4, 0.5) is 0 Å². The minimum atomic E-state index is -0.416. The Bertz CT molecular complexity index is 923. The topological polar surface area (TPSA) is 84.1 Å². The summed E-state index contributed by atoms with van der Waals surface area (Å²) in [6.07, 6.45) is 3.26. The molecule has 1 fully saturated rings. The van der Waals surface area contributed by atoms with Crippen molar-refractivity contribution in [2.24, 2.45) is 0 Å². The van der Waals surface area contributed by atoms with Gasteiger partial charge in [0.1, 0.15) is 11.0 Å². The molecule has 1 aromatic heterocycles. The van der Waals surface area contributed by atoms with Gasteiger partial charge in [0.15, 0.2) is 0 Å². The number of amides is 1. The van der Waals surface area contributed by atoms with Gasteiger partial charge in [-0.05, 0) is 59.5 Å². The Morgan fingerprint density at radius 3 is 2.43 bits per heavy atom. The lowest BCUT2D eigenvalue weighted by Gasteiger charge is -2.30. The summed E-state index contributed by atoms with van der Waals surface area (Å²) in [5, 5.41) is 21.6. The molecule has 0 bridgehead atoms.